The monoisotopic (exact) mass is 549 g/mol. The fourth-order valence-electron chi connectivity index (χ4n) is 4.85. The summed E-state index contributed by atoms with van der Waals surface area (Å²) in [7, 11) is 6.29. The van der Waals surface area contributed by atoms with Crippen LogP contribution in [0.1, 0.15) is 90.7 Å². The Morgan fingerprint density at radius 3 is 2.27 bits per heavy atom. The zero-order valence-corrected chi connectivity index (χ0v) is 26.8. The summed E-state index contributed by atoms with van der Waals surface area (Å²) in [6, 6.07) is 14.3. The number of hydrogen-bond donors (Lipinski definition) is 2. The van der Waals surface area contributed by atoms with Crippen LogP contribution in [0.3, 0.4) is 0 Å². The molecule has 0 fully saturated rings. The lowest BCUT2D eigenvalue weighted by molar-refractivity contribution is 0.467. The largest absolute Gasteiger partial charge is 0.383 e. The third kappa shape index (κ3) is 12.1. The number of nitrogens with one attached hydrogen (secondary N) is 2. The Hall–Kier alpha value is -2.85. The lowest BCUT2D eigenvalue weighted by Gasteiger charge is -2.21. The van der Waals surface area contributed by atoms with Gasteiger partial charge >= 0.3 is 0 Å². The second-order valence-corrected chi connectivity index (χ2v) is 10.7. The van der Waals surface area contributed by atoms with Crippen LogP contribution in [0.25, 0.3) is 17.3 Å². The number of unbranched alkanes of at least 4 members (excludes halogenated alkanes) is 1. The molecule has 3 nitrogen and oxygen atoms in total. The summed E-state index contributed by atoms with van der Waals surface area (Å²) < 4.78 is 12.6. The van der Waals surface area contributed by atoms with Crippen molar-refractivity contribution in [1.82, 2.24) is 15.5 Å². The summed E-state index contributed by atoms with van der Waals surface area (Å²) in [5, 5.41) is 9.66. The van der Waals surface area contributed by atoms with Crippen LogP contribution < -0.4 is 21.1 Å². The molecule has 0 saturated carbocycles. The molecule has 2 aromatic rings. The van der Waals surface area contributed by atoms with E-state index in [-0.39, 0.29) is 5.82 Å². The molecule has 4 heteroatoms. The standard InChI is InChI=1S/C17H24N2.C10H11F.C9H21N/c1-5-8-16(19(3)4)17-15-10-7-6-9-14(15)13(2)11-12-18-17;1-3-4-9-5-6-10(11)7-8(9)2;1-4-6-8-9(10-3)7-5-2/h6-10,18H,5,11-12H2,1-4H3;3-7H,1-2H3;9-10H,4-8H2,1-3H3/b16-8-;4-3-;. The molecule has 0 saturated heterocycles. The van der Waals surface area contributed by atoms with Crippen molar-refractivity contribution in [2.45, 2.75) is 92.5 Å². The number of benzene rings is 2. The Morgan fingerprint density at radius 1 is 1.02 bits per heavy atom. The third-order valence-corrected chi connectivity index (χ3v) is 7.12. The molecule has 0 amide bonds. The van der Waals surface area contributed by atoms with Crippen LogP contribution in [0.2, 0.25) is 0 Å². The predicted molar refractivity (Wildman–Crippen MR) is 176 cm³/mol. The van der Waals surface area contributed by atoms with Gasteiger partial charge in [0.2, 0.25) is 0 Å². The molecular formula is C36H56FN3. The van der Waals surface area contributed by atoms with Gasteiger partial charge in [-0.1, -0.05) is 94.2 Å². The molecule has 1 atom stereocenters. The quantitative estimate of drug-likeness (QED) is 0.320. The average molecular weight is 550 g/mol. The van der Waals surface area contributed by atoms with Crippen molar-refractivity contribution < 1.29 is 4.39 Å². The van der Waals surface area contributed by atoms with E-state index in [1.165, 1.54) is 71.6 Å². The summed E-state index contributed by atoms with van der Waals surface area (Å²) in [4.78, 5) is 2.20. The highest BCUT2D eigenvalue weighted by Crippen LogP contribution is 2.13. The van der Waals surface area contributed by atoms with Gasteiger partial charge in [0.05, 0.1) is 11.4 Å². The normalized spacial score (nSPS) is 13.8. The molecule has 2 N–H and O–H groups in total. The summed E-state index contributed by atoms with van der Waals surface area (Å²) in [5.41, 5.74) is 6.06. The van der Waals surface area contributed by atoms with E-state index in [4.69, 9.17) is 0 Å². The molecule has 1 heterocycles. The van der Waals surface area contributed by atoms with Crippen LogP contribution in [-0.2, 0) is 0 Å². The topological polar surface area (TPSA) is 27.3 Å². The Labute approximate surface area is 245 Å². The molecule has 3 rings (SSSR count). The van der Waals surface area contributed by atoms with Gasteiger partial charge in [-0.25, -0.2) is 4.39 Å². The molecule has 0 bridgehead atoms. The van der Waals surface area contributed by atoms with Gasteiger partial charge in [-0.2, -0.15) is 0 Å². The highest BCUT2D eigenvalue weighted by molar-refractivity contribution is 5.64. The number of hydrogen-bond acceptors (Lipinski definition) is 3. The first-order valence-electron chi connectivity index (χ1n) is 15.2. The van der Waals surface area contributed by atoms with Gasteiger partial charge in [0.1, 0.15) is 5.82 Å². The van der Waals surface area contributed by atoms with Crippen molar-refractivity contribution >= 4 is 17.3 Å². The molecule has 1 aliphatic rings. The lowest BCUT2D eigenvalue weighted by atomic mass is 10.1. The van der Waals surface area contributed by atoms with Gasteiger partial charge < -0.3 is 15.5 Å². The molecule has 0 radical (unpaired) electrons. The Balaban J connectivity index is 0.000000326. The van der Waals surface area contributed by atoms with Gasteiger partial charge in [-0.3, -0.25) is 0 Å². The second kappa shape index (κ2) is 20.1. The van der Waals surface area contributed by atoms with E-state index in [2.05, 4.69) is 94.7 Å². The molecule has 2 aromatic carbocycles. The maximum Gasteiger partial charge on any atom is 0.123 e. The van der Waals surface area contributed by atoms with Crippen molar-refractivity contribution in [2.75, 3.05) is 27.7 Å². The Bertz CT molecular complexity index is 1180. The van der Waals surface area contributed by atoms with Crippen molar-refractivity contribution in [1.29, 1.82) is 0 Å². The molecule has 222 valence electrons. The predicted octanol–water partition coefficient (Wildman–Crippen LogP) is 7.55. The van der Waals surface area contributed by atoms with Gasteiger partial charge in [-0.15, -0.1) is 0 Å². The molecule has 1 aliphatic heterocycles. The van der Waals surface area contributed by atoms with E-state index in [1.807, 2.05) is 26.0 Å². The van der Waals surface area contributed by atoms with E-state index in [9.17, 15) is 4.39 Å². The number of halogens is 1. The zero-order chi connectivity index (χ0) is 29.9. The van der Waals surface area contributed by atoms with Crippen LogP contribution in [0.15, 0.2) is 60.3 Å². The number of allylic oxidation sites excluding steroid dienone is 2. The third-order valence-electron chi connectivity index (χ3n) is 7.12. The molecule has 0 spiro atoms. The first-order chi connectivity index (χ1) is 19.2. The minimum atomic E-state index is -0.171. The first kappa shape index (κ1) is 35.2. The van der Waals surface area contributed by atoms with Crippen LogP contribution >= 0.6 is 0 Å². The maximum absolute atomic E-state index is 12.6. The fraction of sp³-hybridized carbons (Fsp3) is 0.500. The SMILES string of the molecule is C/C=C\c1ccc(F)cc1C.CC/C=C(/C1=c2ccccc2=C(C)CCN1)N(C)C.CCCCC(CCC)NC. The van der Waals surface area contributed by atoms with Gasteiger partial charge in [-0.05, 0) is 82.0 Å². The molecule has 1 unspecified atom stereocenters. The van der Waals surface area contributed by atoms with Crippen LogP contribution in [0.5, 0.6) is 0 Å². The molecule has 0 aromatic heterocycles. The van der Waals surface area contributed by atoms with Gasteiger partial charge in [0.25, 0.3) is 0 Å². The van der Waals surface area contributed by atoms with E-state index in [0.717, 1.165) is 36.6 Å². The maximum atomic E-state index is 12.6. The van der Waals surface area contributed by atoms with E-state index < -0.39 is 0 Å². The summed E-state index contributed by atoms with van der Waals surface area (Å²) in [5.74, 6) is -0.171. The van der Waals surface area contributed by atoms with E-state index >= 15 is 0 Å². The fourth-order valence-corrected chi connectivity index (χ4v) is 4.85. The zero-order valence-electron chi connectivity index (χ0n) is 26.8. The van der Waals surface area contributed by atoms with Crippen molar-refractivity contribution in [2.24, 2.45) is 0 Å². The van der Waals surface area contributed by atoms with Crippen LogP contribution in [0.4, 0.5) is 4.39 Å². The van der Waals surface area contributed by atoms with E-state index in [0.29, 0.717) is 0 Å². The van der Waals surface area contributed by atoms with Crippen molar-refractivity contribution in [3.05, 3.63) is 87.7 Å². The van der Waals surface area contributed by atoms with Crippen LogP contribution in [0, 0.1) is 12.7 Å². The van der Waals surface area contributed by atoms with Crippen molar-refractivity contribution in [3.63, 3.8) is 0 Å². The van der Waals surface area contributed by atoms with Gasteiger partial charge in [0, 0.05) is 31.9 Å². The summed E-state index contributed by atoms with van der Waals surface area (Å²) >= 11 is 0. The average Bonchev–Trinajstić information content (AvgIpc) is 3.10. The highest BCUT2D eigenvalue weighted by atomic mass is 19.1. The Kier molecular flexibility index (Phi) is 17.7. The van der Waals surface area contributed by atoms with E-state index in [1.54, 1.807) is 6.07 Å². The minimum absolute atomic E-state index is 0.171. The number of fused-ring (bicyclic) bond motifs is 1. The minimum Gasteiger partial charge on any atom is -0.383 e. The summed E-state index contributed by atoms with van der Waals surface area (Å²) in [6.07, 6.45) is 15.0. The smallest absolute Gasteiger partial charge is 0.123 e. The number of nitrogens with zero attached hydrogens (tertiary/aromatic N) is 1. The summed E-state index contributed by atoms with van der Waals surface area (Å²) in [6.45, 7) is 13.8. The molecule has 0 aliphatic carbocycles. The number of likely N-dealkylation sites (N-methyl/N-ethyl adjacent to an activating group) is 1. The highest BCUT2D eigenvalue weighted by Gasteiger charge is 2.11. The second-order valence-electron chi connectivity index (χ2n) is 10.7. The Morgan fingerprint density at radius 2 is 1.73 bits per heavy atom. The molecular weight excluding hydrogens is 493 g/mol. The molecule has 40 heavy (non-hydrogen) atoms. The number of aryl methyl sites for hydroxylation is 1. The van der Waals surface area contributed by atoms with Crippen molar-refractivity contribution in [3.8, 4) is 0 Å². The number of rotatable bonds is 10. The van der Waals surface area contributed by atoms with Crippen LogP contribution in [-0.4, -0.2) is 38.6 Å². The van der Waals surface area contributed by atoms with Gasteiger partial charge in [0.15, 0.2) is 0 Å². The lowest BCUT2D eigenvalue weighted by Crippen LogP contribution is -2.33. The first-order valence-corrected chi connectivity index (χ1v) is 15.2.